The Morgan fingerprint density at radius 1 is 1.04 bits per heavy atom. The molecule has 28 heavy (non-hydrogen) atoms. The average Bonchev–Trinajstić information content (AvgIpc) is 2.69. The molecule has 0 aliphatic rings. The fourth-order valence-electron chi connectivity index (χ4n) is 2.37. The maximum atomic E-state index is 12.5. The van der Waals surface area contributed by atoms with Crippen LogP contribution in [0.3, 0.4) is 0 Å². The molecule has 1 aromatic carbocycles. The molecule has 0 saturated carbocycles. The van der Waals surface area contributed by atoms with Gasteiger partial charge in [0.05, 0.1) is 5.56 Å². The van der Waals surface area contributed by atoms with Gasteiger partial charge in [0.1, 0.15) is 5.75 Å². The monoisotopic (exact) mass is 387 g/mol. The molecule has 0 aliphatic heterocycles. The van der Waals surface area contributed by atoms with Crippen molar-refractivity contribution < 1.29 is 22.7 Å². The molecule has 3 aromatic rings. The second-order valence-electron chi connectivity index (χ2n) is 5.88. The zero-order valence-electron chi connectivity index (χ0n) is 14.6. The summed E-state index contributed by atoms with van der Waals surface area (Å²) in [6.07, 6.45) is 0.358. The van der Waals surface area contributed by atoms with Crippen LogP contribution in [-0.2, 0) is 12.6 Å². The van der Waals surface area contributed by atoms with Gasteiger partial charge < -0.3 is 10.1 Å². The lowest BCUT2D eigenvalue weighted by molar-refractivity contribution is -0.137. The van der Waals surface area contributed by atoms with E-state index in [1.165, 1.54) is 0 Å². The number of rotatable bonds is 6. The average molecular weight is 387 g/mol. The van der Waals surface area contributed by atoms with Crippen LogP contribution in [-0.4, -0.2) is 22.4 Å². The van der Waals surface area contributed by atoms with Crippen LogP contribution in [0.1, 0.15) is 21.5 Å². The van der Waals surface area contributed by atoms with Crippen molar-refractivity contribution in [3.63, 3.8) is 0 Å². The second-order valence-corrected chi connectivity index (χ2v) is 5.88. The molecule has 0 radical (unpaired) electrons. The van der Waals surface area contributed by atoms with Gasteiger partial charge in [-0.2, -0.15) is 13.2 Å². The van der Waals surface area contributed by atoms with Gasteiger partial charge in [0.25, 0.3) is 5.91 Å². The lowest BCUT2D eigenvalue weighted by Crippen LogP contribution is -2.25. The highest BCUT2D eigenvalue weighted by Crippen LogP contribution is 2.30. The Balaban J connectivity index is 1.53. The van der Waals surface area contributed by atoms with Crippen molar-refractivity contribution in [1.29, 1.82) is 0 Å². The van der Waals surface area contributed by atoms with E-state index in [0.29, 0.717) is 30.5 Å². The molecular formula is C20H16F3N3O2. The summed E-state index contributed by atoms with van der Waals surface area (Å²) in [5, 5.41) is 2.81. The van der Waals surface area contributed by atoms with E-state index in [1.807, 2.05) is 12.1 Å². The summed E-state index contributed by atoms with van der Waals surface area (Å²) in [5.74, 6) is 0.156. The van der Waals surface area contributed by atoms with Crippen molar-refractivity contribution in [2.24, 2.45) is 0 Å². The maximum Gasteiger partial charge on any atom is 0.417 e. The van der Waals surface area contributed by atoms with Crippen LogP contribution in [0, 0.1) is 0 Å². The minimum atomic E-state index is -4.45. The van der Waals surface area contributed by atoms with Crippen LogP contribution in [0.25, 0.3) is 0 Å². The number of benzene rings is 1. The number of nitrogens with one attached hydrogen (secondary N) is 1. The minimum Gasteiger partial charge on any atom is -0.439 e. The van der Waals surface area contributed by atoms with Crippen LogP contribution in [0.15, 0.2) is 67.1 Å². The first kappa shape index (κ1) is 19.3. The summed E-state index contributed by atoms with van der Waals surface area (Å²) in [6.45, 7) is 0.470. The molecular weight excluding hydrogens is 371 g/mol. The standard InChI is InChI=1S/C20H16F3N3O2/c21-20(22,23)16-5-8-18(26-13-16)28-17-6-3-15(4-7-17)19(27)25-11-9-14-2-1-10-24-12-14/h1-8,10,12-13H,9,11H2,(H,25,27). The molecule has 0 atom stereocenters. The normalized spacial score (nSPS) is 11.1. The van der Waals surface area contributed by atoms with Gasteiger partial charge in [-0.3, -0.25) is 9.78 Å². The largest absolute Gasteiger partial charge is 0.439 e. The summed E-state index contributed by atoms with van der Waals surface area (Å²) >= 11 is 0. The Labute approximate surface area is 159 Å². The zero-order chi connectivity index (χ0) is 20.0. The van der Waals surface area contributed by atoms with Crippen LogP contribution in [0.4, 0.5) is 13.2 Å². The van der Waals surface area contributed by atoms with Gasteiger partial charge >= 0.3 is 6.18 Å². The molecule has 3 rings (SSSR count). The fraction of sp³-hybridized carbons (Fsp3) is 0.150. The molecule has 0 spiro atoms. The van der Waals surface area contributed by atoms with Crippen molar-refractivity contribution >= 4 is 5.91 Å². The lowest BCUT2D eigenvalue weighted by atomic mass is 10.2. The van der Waals surface area contributed by atoms with Gasteiger partial charge in [0.2, 0.25) is 5.88 Å². The molecule has 1 N–H and O–H groups in total. The number of hydrogen-bond donors (Lipinski definition) is 1. The number of carbonyl (C=O) groups is 1. The van der Waals surface area contributed by atoms with Gasteiger partial charge in [0.15, 0.2) is 0 Å². The number of pyridine rings is 2. The van der Waals surface area contributed by atoms with E-state index in [-0.39, 0.29) is 11.8 Å². The Kier molecular flexibility index (Phi) is 5.88. The third-order valence-corrected chi connectivity index (χ3v) is 3.82. The molecule has 0 fully saturated rings. The molecule has 0 bridgehead atoms. The summed E-state index contributed by atoms with van der Waals surface area (Å²) in [4.78, 5) is 19.8. The molecule has 0 unspecified atom stereocenters. The zero-order valence-corrected chi connectivity index (χ0v) is 14.6. The lowest BCUT2D eigenvalue weighted by Gasteiger charge is -2.09. The molecule has 8 heteroatoms. The van der Waals surface area contributed by atoms with E-state index in [0.717, 1.165) is 17.7 Å². The molecule has 144 valence electrons. The number of nitrogens with zero attached hydrogens (tertiary/aromatic N) is 2. The quantitative estimate of drug-likeness (QED) is 0.687. The Morgan fingerprint density at radius 2 is 1.82 bits per heavy atom. The number of carbonyl (C=O) groups excluding carboxylic acids is 1. The van der Waals surface area contributed by atoms with E-state index < -0.39 is 11.7 Å². The predicted molar refractivity (Wildman–Crippen MR) is 96.0 cm³/mol. The van der Waals surface area contributed by atoms with Crippen molar-refractivity contribution in [2.75, 3.05) is 6.54 Å². The highest BCUT2D eigenvalue weighted by atomic mass is 19.4. The third-order valence-electron chi connectivity index (χ3n) is 3.82. The van der Waals surface area contributed by atoms with E-state index in [9.17, 15) is 18.0 Å². The Hall–Kier alpha value is -3.42. The third kappa shape index (κ3) is 5.29. The highest BCUT2D eigenvalue weighted by Gasteiger charge is 2.30. The highest BCUT2D eigenvalue weighted by molar-refractivity contribution is 5.94. The summed E-state index contributed by atoms with van der Waals surface area (Å²) in [7, 11) is 0. The number of halogens is 3. The van der Waals surface area contributed by atoms with Gasteiger partial charge in [-0.15, -0.1) is 0 Å². The number of aromatic nitrogens is 2. The van der Waals surface area contributed by atoms with Gasteiger partial charge in [-0.1, -0.05) is 6.07 Å². The molecule has 1 amide bonds. The predicted octanol–water partition coefficient (Wildman–Crippen LogP) is 4.26. The molecule has 5 nitrogen and oxygen atoms in total. The smallest absolute Gasteiger partial charge is 0.417 e. The Bertz CT molecular complexity index is 912. The minimum absolute atomic E-state index is 0.0293. The van der Waals surface area contributed by atoms with Gasteiger partial charge in [-0.25, -0.2) is 4.98 Å². The van der Waals surface area contributed by atoms with Crippen LogP contribution < -0.4 is 10.1 Å². The summed E-state index contributed by atoms with van der Waals surface area (Å²) < 4.78 is 43.0. The van der Waals surface area contributed by atoms with E-state index in [2.05, 4.69) is 15.3 Å². The number of ether oxygens (including phenoxy) is 1. The fourth-order valence-corrected chi connectivity index (χ4v) is 2.37. The van der Waals surface area contributed by atoms with E-state index in [1.54, 1.807) is 36.7 Å². The van der Waals surface area contributed by atoms with Crippen molar-refractivity contribution in [2.45, 2.75) is 12.6 Å². The maximum absolute atomic E-state index is 12.5. The van der Waals surface area contributed by atoms with Crippen LogP contribution >= 0.6 is 0 Å². The Morgan fingerprint density at radius 3 is 2.43 bits per heavy atom. The van der Waals surface area contributed by atoms with Gasteiger partial charge in [0, 0.05) is 36.8 Å². The van der Waals surface area contributed by atoms with Crippen LogP contribution in [0.2, 0.25) is 0 Å². The molecule has 0 saturated heterocycles. The first-order valence-electron chi connectivity index (χ1n) is 8.40. The second kappa shape index (κ2) is 8.51. The first-order valence-corrected chi connectivity index (χ1v) is 8.40. The van der Waals surface area contributed by atoms with E-state index >= 15 is 0 Å². The molecule has 2 aromatic heterocycles. The van der Waals surface area contributed by atoms with Crippen LogP contribution in [0.5, 0.6) is 11.6 Å². The summed E-state index contributed by atoms with van der Waals surface area (Å²) in [6, 6.07) is 12.0. The molecule has 0 aliphatic carbocycles. The van der Waals surface area contributed by atoms with Crippen molar-refractivity contribution in [3.05, 3.63) is 83.8 Å². The van der Waals surface area contributed by atoms with Crippen molar-refractivity contribution in [1.82, 2.24) is 15.3 Å². The van der Waals surface area contributed by atoms with Crippen molar-refractivity contribution in [3.8, 4) is 11.6 Å². The molecule has 2 heterocycles. The number of alkyl halides is 3. The summed E-state index contributed by atoms with van der Waals surface area (Å²) in [5.41, 5.74) is 0.618. The van der Waals surface area contributed by atoms with Gasteiger partial charge in [-0.05, 0) is 48.4 Å². The SMILES string of the molecule is O=C(NCCc1cccnc1)c1ccc(Oc2ccc(C(F)(F)F)cn2)cc1. The first-order chi connectivity index (χ1) is 13.4. The number of hydrogen-bond acceptors (Lipinski definition) is 4. The number of amides is 1. The topological polar surface area (TPSA) is 64.1 Å². The van der Waals surface area contributed by atoms with E-state index in [4.69, 9.17) is 4.74 Å².